The van der Waals surface area contributed by atoms with Gasteiger partial charge in [0.05, 0.1) is 30.7 Å². The predicted molar refractivity (Wildman–Crippen MR) is 101 cm³/mol. The molecule has 0 unspecified atom stereocenters. The number of aromatic nitrogens is 2. The number of aliphatic imine (C=N–C) groups is 1. The van der Waals surface area contributed by atoms with Crippen LogP contribution in [0, 0.1) is 11.3 Å². The fraction of sp³-hybridized carbons (Fsp3) is 0.278. The van der Waals surface area contributed by atoms with E-state index in [-0.39, 0.29) is 24.2 Å². The highest BCUT2D eigenvalue weighted by atomic mass is 19.3. The summed E-state index contributed by atoms with van der Waals surface area (Å²) in [6.45, 7) is 0.769. The molecule has 1 aromatic heterocycles. The highest BCUT2D eigenvalue weighted by Gasteiger charge is 2.24. The number of nitrogens with two attached hydrogens (primary N) is 1. The second kappa shape index (κ2) is 8.39. The summed E-state index contributed by atoms with van der Waals surface area (Å²) in [5.41, 5.74) is 1.23. The number of hydrogen-bond donors (Lipinski definition) is 2. The van der Waals surface area contributed by atoms with Gasteiger partial charge in [0.2, 0.25) is 0 Å². The van der Waals surface area contributed by atoms with Gasteiger partial charge >= 0.3 is 0 Å². The number of nitriles is 1. The monoisotopic (exact) mass is 385 g/mol. The number of hydrazone groups is 1. The molecule has 1 fully saturated rings. The Labute approximate surface area is 159 Å². The molecule has 2 heterocycles. The molecule has 0 radical (unpaired) electrons. The van der Waals surface area contributed by atoms with Crippen LogP contribution in [0.15, 0.2) is 45.4 Å². The summed E-state index contributed by atoms with van der Waals surface area (Å²) in [5.74, 6) is 5.49. The Morgan fingerprint density at radius 3 is 2.86 bits per heavy atom. The van der Waals surface area contributed by atoms with Crippen molar-refractivity contribution in [2.45, 2.75) is 19.4 Å². The van der Waals surface area contributed by atoms with Gasteiger partial charge in [-0.25, -0.2) is 13.9 Å². The van der Waals surface area contributed by atoms with Gasteiger partial charge in [-0.15, -0.1) is 0 Å². The van der Waals surface area contributed by atoms with Crippen molar-refractivity contribution in [2.24, 2.45) is 15.9 Å². The number of nitrogens with zero attached hydrogens (tertiary/aromatic N) is 5. The van der Waals surface area contributed by atoms with Gasteiger partial charge in [-0.2, -0.15) is 15.5 Å². The standard InChI is InChI=1S/C18H17F2N7O/c19-17(20)12-4-2-1-3-11(12)8-23-14-5-6-27(10-15(14)25-22)16-9-24-26-18(28)13(16)7-21/h1-4,9,17H,5-6,8,10,22H2,(H,26,28). The van der Waals surface area contributed by atoms with Gasteiger partial charge < -0.3 is 10.7 Å². The van der Waals surface area contributed by atoms with Crippen LogP contribution < -0.4 is 16.3 Å². The molecular weight excluding hydrogens is 368 g/mol. The van der Waals surface area contributed by atoms with Gasteiger partial charge in [0.25, 0.3) is 12.0 Å². The number of aromatic amines is 1. The van der Waals surface area contributed by atoms with Gasteiger partial charge in [0, 0.05) is 18.5 Å². The molecule has 28 heavy (non-hydrogen) atoms. The number of alkyl halides is 2. The largest absolute Gasteiger partial charge is 0.363 e. The third kappa shape index (κ3) is 3.88. The molecule has 3 rings (SSSR count). The van der Waals surface area contributed by atoms with Gasteiger partial charge in [-0.1, -0.05) is 24.3 Å². The lowest BCUT2D eigenvalue weighted by Gasteiger charge is -2.30. The van der Waals surface area contributed by atoms with E-state index in [1.165, 1.54) is 12.3 Å². The molecule has 0 saturated carbocycles. The van der Waals surface area contributed by atoms with Gasteiger partial charge in [-0.3, -0.25) is 9.79 Å². The summed E-state index contributed by atoms with van der Waals surface area (Å²) < 4.78 is 26.2. The van der Waals surface area contributed by atoms with Crippen molar-refractivity contribution in [1.82, 2.24) is 10.2 Å². The molecule has 2 aromatic rings. The third-order valence-electron chi connectivity index (χ3n) is 4.47. The van der Waals surface area contributed by atoms with Crippen LogP contribution in [0.3, 0.4) is 0 Å². The smallest absolute Gasteiger partial charge is 0.284 e. The second-order valence-corrected chi connectivity index (χ2v) is 6.08. The molecule has 144 valence electrons. The van der Waals surface area contributed by atoms with Crippen molar-refractivity contribution < 1.29 is 8.78 Å². The Hall–Kier alpha value is -3.61. The van der Waals surface area contributed by atoms with Crippen molar-refractivity contribution in [2.75, 3.05) is 18.0 Å². The van der Waals surface area contributed by atoms with Crippen LogP contribution >= 0.6 is 0 Å². The summed E-state index contributed by atoms with van der Waals surface area (Å²) in [6.07, 6.45) is -0.742. The van der Waals surface area contributed by atoms with Crippen molar-refractivity contribution in [3.63, 3.8) is 0 Å². The van der Waals surface area contributed by atoms with Crippen LogP contribution in [0.5, 0.6) is 0 Å². The van der Waals surface area contributed by atoms with E-state index in [9.17, 15) is 18.8 Å². The average Bonchev–Trinajstić information content (AvgIpc) is 2.72. The molecule has 0 aliphatic carbocycles. The van der Waals surface area contributed by atoms with E-state index in [1.54, 1.807) is 23.1 Å². The first-order chi connectivity index (χ1) is 13.5. The van der Waals surface area contributed by atoms with Crippen molar-refractivity contribution in [3.05, 3.63) is 57.5 Å². The molecular formula is C18H17F2N7O. The lowest BCUT2D eigenvalue weighted by Crippen LogP contribution is -2.43. The number of anilines is 1. The third-order valence-corrected chi connectivity index (χ3v) is 4.47. The molecule has 8 nitrogen and oxygen atoms in total. The Kier molecular flexibility index (Phi) is 5.74. The highest BCUT2D eigenvalue weighted by molar-refractivity contribution is 6.44. The minimum absolute atomic E-state index is 0.0439. The lowest BCUT2D eigenvalue weighted by atomic mass is 10.0. The highest BCUT2D eigenvalue weighted by Crippen LogP contribution is 2.24. The van der Waals surface area contributed by atoms with E-state index < -0.39 is 12.0 Å². The van der Waals surface area contributed by atoms with E-state index in [1.807, 2.05) is 6.07 Å². The van der Waals surface area contributed by atoms with Crippen LogP contribution in [-0.4, -0.2) is 34.7 Å². The molecule has 0 spiro atoms. The molecule has 0 bridgehead atoms. The van der Waals surface area contributed by atoms with E-state index >= 15 is 0 Å². The Morgan fingerprint density at radius 2 is 2.14 bits per heavy atom. The van der Waals surface area contributed by atoms with Crippen molar-refractivity contribution in [1.29, 1.82) is 5.26 Å². The van der Waals surface area contributed by atoms with Crippen molar-refractivity contribution >= 4 is 17.1 Å². The molecule has 0 amide bonds. The molecule has 0 atom stereocenters. The molecule has 1 saturated heterocycles. The molecule has 1 aliphatic heterocycles. The zero-order chi connectivity index (χ0) is 20.1. The predicted octanol–water partition coefficient (Wildman–Crippen LogP) is 1.75. The summed E-state index contributed by atoms with van der Waals surface area (Å²) >= 11 is 0. The fourth-order valence-electron chi connectivity index (χ4n) is 3.04. The van der Waals surface area contributed by atoms with E-state index in [4.69, 9.17) is 5.84 Å². The zero-order valence-electron chi connectivity index (χ0n) is 14.8. The topological polar surface area (TPSA) is 124 Å². The molecule has 10 heteroatoms. The SMILES string of the molecule is N#Cc1c(N2CCC(=NCc3ccccc3C(F)F)C(=NN)C2)cn[nH]c1=O. The van der Waals surface area contributed by atoms with E-state index in [2.05, 4.69) is 20.3 Å². The quantitative estimate of drug-likeness (QED) is 0.613. The summed E-state index contributed by atoms with van der Waals surface area (Å²) in [4.78, 5) is 18.0. The molecule has 1 aliphatic rings. The van der Waals surface area contributed by atoms with Crippen molar-refractivity contribution in [3.8, 4) is 6.07 Å². The number of hydrogen-bond acceptors (Lipinski definition) is 7. The minimum Gasteiger partial charge on any atom is -0.363 e. The first-order valence-corrected chi connectivity index (χ1v) is 8.44. The van der Waals surface area contributed by atoms with Gasteiger partial charge in [-0.05, 0) is 5.56 Å². The van der Waals surface area contributed by atoms with Gasteiger partial charge in [0.15, 0.2) is 0 Å². The maximum absolute atomic E-state index is 13.1. The van der Waals surface area contributed by atoms with Crippen LogP contribution in [0.4, 0.5) is 14.5 Å². The molecule has 1 aromatic carbocycles. The van der Waals surface area contributed by atoms with Crippen LogP contribution in [0.2, 0.25) is 0 Å². The first-order valence-electron chi connectivity index (χ1n) is 8.44. The zero-order valence-corrected chi connectivity index (χ0v) is 14.8. The van der Waals surface area contributed by atoms with Crippen LogP contribution in [0.1, 0.15) is 29.5 Å². The van der Waals surface area contributed by atoms with E-state index in [0.717, 1.165) is 0 Å². The number of rotatable bonds is 4. The lowest BCUT2D eigenvalue weighted by molar-refractivity contribution is 0.150. The van der Waals surface area contributed by atoms with Gasteiger partial charge in [0.1, 0.15) is 17.3 Å². The Bertz CT molecular complexity index is 1020. The average molecular weight is 385 g/mol. The number of H-pyrrole nitrogens is 1. The van der Waals surface area contributed by atoms with Crippen LogP contribution in [0.25, 0.3) is 0 Å². The summed E-state index contributed by atoms with van der Waals surface area (Å²) in [5, 5.41) is 18.9. The maximum Gasteiger partial charge on any atom is 0.284 e. The fourth-order valence-corrected chi connectivity index (χ4v) is 3.04. The number of benzene rings is 1. The Morgan fingerprint density at radius 1 is 1.36 bits per heavy atom. The number of halogens is 2. The molecule has 3 N–H and O–H groups in total. The van der Waals surface area contributed by atoms with Crippen LogP contribution in [-0.2, 0) is 6.54 Å². The second-order valence-electron chi connectivity index (χ2n) is 6.08. The summed E-state index contributed by atoms with van der Waals surface area (Å²) in [6, 6.07) is 8.11. The maximum atomic E-state index is 13.1. The number of nitrogens with one attached hydrogen (secondary N) is 1. The first kappa shape index (κ1) is 19.2. The van der Waals surface area contributed by atoms with E-state index in [0.29, 0.717) is 35.6 Å². The number of piperidine rings is 1. The minimum atomic E-state index is -2.58. The summed E-state index contributed by atoms with van der Waals surface area (Å²) in [7, 11) is 0. The Balaban J connectivity index is 1.82. The normalized spacial score (nSPS) is 17.3.